The fraction of sp³-hybridized carbons (Fsp3) is 0.267. The third-order valence-electron chi connectivity index (χ3n) is 3.72. The highest BCUT2D eigenvalue weighted by Gasteiger charge is 2.27. The second-order valence-corrected chi connectivity index (χ2v) is 4.84. The van der Waals surface area contributed by atoms with Crippen LogP contribution < -0.4 is 9.47 Å². The van der Waals surface area contributed by atoms with Gasteiger partial charge in [-0.15, -0.1) is 0 Å². The Morgan fingerprint density at radius 3 is 2.83 bits per heavy atom. The molecule has 18 heavy (non-hydrogen) atoms. The van der Waals surface area contributed by atoms with Gasteiger partial charge in [0.1, 0.15) is 17.3 Å². The molecule has 3 heteroatoms. The fourth-order valence-electron chi connectivity index (χ4n) is 2.84. The number of carbonyl (C=O) groups excluding carboxylic acids is 1. The van der Waals surface area contributed by atoms with Crippen molar-refractivity contribution < 1.29 is 14.3 Å². The lowest BCUT2D eigenvalue weighted by molar-refractivity contribution is -0.114. The molecule has 2 aliphatic heterocycles. The number of carbonyl (C=O) groups is 1. The Morgan fingerprint density at radius 1 is 1.00 bits per heavy atom. The van der Waals surface area contributed by atoms with Crippen molar-refractivity contribution in [1.82, 2.24) is 0 Å². The highest BCUT2D eigenvalue weighted by molar-refractivity contribution is 5.93. The number of ketones is 1. The first-order chi connectivity index (χ1) is 8.81. The summed E-state index contributed by atoms with van der Waals surface area (Å²) in [6.07, 6.45) is 5.62. The topological polar surface area (TPSA) is 35.5 Å². The number of benzene rings is 1. The predicted octanol–water partition coefficient (Wildman–Crippen LogP) is 2.34. The maximum atomic E-state index is 11.5. The Morgan fingerprint density at radius 2 is 1.89 bits per heavy atom. The second kappa shape index (κ2) is 3.48. The van der Waals surface area contributed by atoms with Gasteiger partial charge in [0.25, 0.3) is 0 Å². The zero-order valence-corrected chi connectivity index (χ0v) is 9.86. The van der Waals surface area contributed by atoms with Gasteiger partial charge in [-0.05, 0) is 29.9 Å². The SMILES string of the molecule is O=C1C=CC2=C(C1)Cc1c(ccc3c1CCO3)O2. The Kier molecular flexibility index (Phi) is 1.92. The lowest BCUT2D eigenvalue weighted by Crippen LogP contribution is -2.16. The third-order valence-corrected chi connectivity index (χ3v) is 3.72. The average Bonchev–Trinajstić information content (AvgIpc) is 2.85. The lowest BCUT2D eigenvalue weighted by atomic mass is 9.90. The lowest BCUT2D eigenvalue weighted by Gasteiger charge is -2.24. The van der Waals surface area contributed by atoms with Crippen LogP contribution in [-0.4, -0.2) is 12.4 Å². The summed E-state index contributed by atoms with van der Waals surface area (Å²) in [7, 11) is 0. The molecule has 0 unspecified atom stereocenters. The van der Waals surface area contributed by atoms with Crippen LogP contribution in [0.1, 0.15) is 17.5 Å². The van der Waals surface area contributed by atoms with Crippen molar-refractivity contribution in [3.05, 3.63) is 46.7 Å². The molecule has 0 atom stereocenters. The van der Waals surface area contributed by atoms with E-state index in [1.807, 2.05) is 12.1 Å². The molecular formula is C15H12O3. The molecule has 0 saturated carbocycles. The normalized spacial score (nSPS) is 19.9. The van der Waals surface area contributed by atoms with E-state index in [0.29, 0.717) is 6.42 Å². The van der Waals surface area contributed by atoms with Crippen LogP contribution >= 0.6 is 0 Å². The molecule has 0 saturated heterocycles. The fourth-order valence-corrected chi connectivity index (χ4v) is 2.84. The minimum Gasteiger partial charge on any atom is -0.493 e. The van der Waals surface area contributed by atoms with Gasteiger partial charge in [-0.25, -0.2) is 0 Å². The van der Waals surface area contributed by atoms with E-state index in [1.54, 1.807) is 12.2 Å². The van der Waals surface area contributed by atoms with Crippen LogP contribution in [0.25, 0.3) is 0 Å². The summed E-state index contributed by atoms with van der Waals surface area (Å²) in [4.78, 5) is 11.5. The number of ether oxygens (including phenoxy) is 2. The van der Waals surface area contributed by atoms with E-state index in [-0.39, 0.29) is 5.78 Å². The molecule has 4 rings (SSSR count). The molecule has 0 radical (unpaired) electrons. The number of hydrogen-bond donors (Lipinski definition) is 0. The molecule has 1 aliphatic carbocycles. The van der Waals surface area contributed by atoms with Gasteiger partial charge in [0.05, 0.1) is 6.61 Å². The van der Waals surface area contributed by atoms with Crippen molar-refractivity contribution in [3.63, 3.8) is 0 Å². The van der Waals surface area contributed by atoms with E-state index in [0.717, 1.165) is 42.3 Å². The number of allylic oxidation sites excluding steroid dienone is 3. The summed E-state index contributed by atoms with van der Waals surface area (Å²) in [5.74, 6) is 2.89. The summed E-state index contributed by atoms with van der Waals surface area (Å²) < 4.78 is 11.5. The van der Waals surface area contributed by atoms with Crippen molar-refractivity contribution in [2.75, 3.05) is 6.61 Å². The molecule has 0 N–H and O–H groups in total. The van der Waals surface area contributed by atoms with Crippen molar-refractivity contribution in [2.24, 2.45) is 0 Å². The zero-order valence-electron chi connectivity index (χ0n) is 9.86. The molecule has 0 aromatic heterocycles. The van der Waals surface area contributed by atoms with Crippen molar-refractivity contribution >= 4 is 5.78 Å². The van der Waals surface area contributed by atoms with Crippen LogP contribution in [0.2, 0.25) is 0 Å². The van der Waals surface area contributed by atoms with E-state index >= 15 is 0 Å². The minimum absolute atomic E-state index is 0.157. The van der Waals surface area contributed by atoms with E-state index in [2.05, 4.69) is 0 Å². The molecule has 0 amide bonds. The van der Waals surface area contributed by atoms with Crippen LogP contribution in [0, 0.1) is 0 Å². The van der Waals surface area contributed by atoms with Crippen LogP contribution in [0.3, 0.4) is 0 Å². The highest BCUT2D eigenvalue weighted by atomic mass is 16.5. The van der Waals surface area contributed by atoms with Crippen molar-refractivity contribution in [1.29, 1.82) is 0 Å². The zero-order chi connectivity index (χ0) is 12.1. The summed E-state index contributed by atoms with van der Waals surface area (Å²) in [6, 6.07) is 3.94. The van der Waals surface area contributed by atoms with E-state index in [9.17, 15) is 4.79 Å². The Bertz CT molecular complexity index is 623. The third kappa shape index (κ3) is 1.33. The van der Waals surface area contributed by atoms with Gasteiger partial charge in [-0.3, -0.25) is 4.79 Å². The maximum Gasteiger partial charge on any atom is 0.160 e. The van der Waals surface area contributed by atoms with Gasteiger partial charge in [0, 0.05) is 30.4 Å². The van der Waals surface area contributed by atoms with E-state index in [4.69, 9.17) is 9.47 Å². The van der Waals surface area contributed by atoms with Crippen molar-refractivity contribution in [2.45, 2.75) is 19.3 Å². The predicted molar refractivity (Wildman–Crippen MR) is 65.8 cm³/mol. The van der Waals surface area contributed by atoms with E-state index in [1.165, 1.54) is 11.1 Å². The first kappa shape index (κ1) is 9.95. The summed E-state index contributed by atoms with van der Waals surface area (Å²) in [6.45, 7) is 0.747. The Labute approximate surface area is 105 Å². The standard InChI is InChI=1S/C15H12O3/c16-10-1-2-13-9(7-10)8-12-11-5-6-17-14(11)3-4-15(12)18-13/h1-4H,5-8H2. The molecule has 0 fully saturated rings. The minimum atomic E-state index is 0.157. The van der Waals surface area contributed by atoms with Gasteiger partial charge < -0.3 is 9.47 Å². The van der Waals surface area contributed by atoms with Gasteiger partial charge in [-0.1, -0.05) is 0 Å². The average molecular weight is 240 g/mol. The van der Waals surface area contributed by atoms with Crippen LogP contribution in [0.5, 0.6) is 11.5 Å². The molecule has 3 aliphatic rings. The maximum absolute atomic E-state index is 11.5. The first-order valence-electron chi connectivity index (χ1n) is 6.19. The van der Waals surface area contributed by atoms with Crippen LogP contribution in [0.4, 0.5) is 0 Å². The highest BCUT2D eigenvalue weighted by Crippen LogP contribution is 2.41. The number of rotatable bonds is 0. The smallest absolute Gasteiger partial charge is 0.160 e. The molecule has 1 aromatic carbocycles. The van der Waals surface area contributed by atoms with Crippen LogP contribution in [-0.2, 0) is 17.6 Å². The second-order valence-electron chi connectivity index (χ2n) is 4.84. The largest absolute Gasteiger partial charge is 0.493 e. The molecular weight excluding hydrogens is 228 g/mol. The summed E-state index contributed by atoms with van der Waals surface area (Å²) in [5.41, 5.74) is 3.54. The van der Waals surface area contributed by atoms with Gasteiger partial charge in [0.15, 0.2) is 5.78 Å². The molecule has 2 heterocycles. The van der Waals surface area contributed by atoms with Gasteiger partial charge in [-0.2, -0.15) is 0 Å². The quantitative estimate of drug-likeness (QED) is 0.698. The molecule has 90 valence electrons. The monoisotopic (exact) mass is 240 g/mol. The van der Waals surface area contributed by atoms with E-state index < -0.39 is 0 Å². The first-order valence-corrected chi connectivity index (χ1v) is 6.19. The van der Waals surface area contributed by atoms with Crippen molar-refractivity contribution in [3.8, 4) is 11.5 Å². The molecule has 0 spiro atoms. The number of hydrogen-bond acceptors (Lipinski definition) is 3. The van der Waals surface area contributed by atoms with Gasteiger partial charge in [0.2, 0.25) is 0 Å². The summed E-state index contributed by atoms with van der Waals surface area (Å²) in [5, 5.41) is 0. The van der Waals surface area contributed by atoms with Gasteiger partial charge >= 0.3 is 0 Å². The molecule has 1 aromatic rings. The molecule has 3 nitrogen and oxygen atoms in total. The molecule has 0 bridgehead atoms. The summed E-state index contributed by atoms with van der Waals surface area (Å²) >= 11 is 0. The Balaban J connectivity index is 1.81. The number of fused-ring (bicyclic) bond motifs is 3. The Hall–Kier alpha value is -2.03. The van der Waals surface area contributed by atoms with Crippen LogP contribution in [0.15, 0.2) is 35.6 Å².